The van der Waals surface area contributed by atoms with Gasteiger partial charge in [-0.2, -0.15) is 5.26 Å². The van der Waals surface area contributed by atoms with Crippen LogP contribution < -0.4 is 5.32 Å². The van der Waals surface area contributed by atoms with Crippen LogP contribution in [0.5, 0.6) is 0 Å². The number of ether oxygens (including phenoxy) is 1. The molecular weight excluding hydrogens is 216 g/mol. The second-order valence-corrected chi connectivity index (χ2v) is 4.87. The summed E-state index contributed by atoms with van der Waals surface area (Å²) in [4.78, 5) is 11.7. The van der Waals surface area contributed by atoms with E-state index >= 15 is 0 Å². The molecule has 0 radical (unpaired) electrons. The van der Waals surface area contributed by atoms with E-state index in [1.54, 1.807) is 6.92 Å². The minimum Gasteiger partial charge on any atom is -0.378 e. The highest BCUT2D eigenvalue weighted by atomic mass is 16.5. The van der Waals surface area contributed by atoms with E-state index in [1.165, 1.54) is 6.42 Å². The lowest BCUT2D eigenvalue weighted by atomic mass is 10.00. The molecule has 1 fully saturated rings. The van der Waals surface area contributed by atoms with Crippen molar-refractivity contribution in [1.29, 1.82) is 5.26 Å². The van der Waals surface area contributed by atoms with Gasteiger partial charge in [-0.1, -0.05) is 6.92 Å². The number of nitrogens with zero attached hydrogens (tertiary/aromatic N) is 1. The Kier molecular flexibility index (Phi) is 5.43. The average molecular weight is 238 g/mol. The van der Waals surface area contributed by atoms with Gasteiger partial charge in [0.05, 0.1) is 12.2 Å². The average Bonchev–Trinajstić information content (AvgIpc) is 2.37. The molecule has 17 heavy (non-hydrogen) atoms. The molecule has 1 N–H and O–H groups in total. The first-order chi connectivity index (χ1) is 8.09. The Morgan fingerprint density at radius 2 is 2.35 bits per heavy atom. The van der Waals surface area contributed by atoms with E-state index in [-0.39, 0.29) is 12.0 Å². The first kappa shape index (κ1) is 14.0. The third kappa shape index (κ3) is 4.74. The maximum atomic E-state index is 11.7. The van der Waals surface area contributed by atoms with Gasteiger partial charge in [-0.05, 0) is 39.0 Å². The number of rotatable bonds is 5. The van der Waals surface area contributed by atoms with Crippen LogP contribution in [-0.2, 0) is 9.53 Å². The van der Waals surface area contributed by atoms with Crippen molar-refractivity contribution in [1.82, 2.24) is 5.32 Å². The summed E-state index contributed by atoms with van der Waals surface area (Å²) in [6, 6.07) is 2.13. The molecular formula is C13H22N2O2. The molecule has 1 rings (SSSR count). The number of amides is 1. The van der Waals surface area contributed by atoms with Crippen molar-refractivity contribution in [2.45, 2.75) is 64.0 Å². The molecule has 0 aromatic rings. The van der Waals surface area contributed by atoms with E-state index in [0.29, 0.717) is 12.8 Å². The van der Waals surface area contributed by atoms with Gasteiger partial charge < -0.3 is 10.1 Å². The SMILES string of the molecule is CCC(C)(C#N)NC(=O)CCC1CCCCO1. The van der Waals surface area contributed by atoms with Crippen LogP contribution in [0.25, 0.3) is 0 Å². The van der Waals surface area contributed by atoms with Crippen LogP contribution >= 0.6 is 0 Å². The molecule has 1 aliphatic heterocycles. The zero-order valence-electron chi connectivity index (χ0n) is 10.8. The number of hydrogen-bond donors (Lipinski definition) is 1. The van der Waals surface area contributed by atoms with Gasteiger partial charge in [0.25, 0.3) is 0 Å². The molecule has 2 unspecified atom stereocenters. The summed E-state index contributed by atoms with van der Waals surface area (Å²) in [5.41, 5.74) is -0.732. The van der Waals surface area contributed by atoms with Gasteiger partial charge in [-0.3, -0.25) is 4.79 Å². The zero-order valence-corrected chi connectivity index (χ0v) is 10.8. The number of hydrogen-bond acceptors (Lipinski definition) is 3. The van der Waals surface area contributed by atoms with Crippen LogP contribution in [0, 0.1) is 11.3 Å². The minimum absolute atomic E-state index is 0.0509. The Hall–Kier alpha value is -1.08. The van der Waals surface area contributed by atoms with Crippen LogP contribution in [0.1, 0.15) is 52.4 Å². The van der Waals surface area contributed by atoms with Crippen molar-refractivity contribution in [2.24, 2.45) is 0 Å². The Bertz CT molecular complexity index is 292. The lowest BCUT2D eigenvalue weighted by molar-refractivity contribution is -0.123. The van der Waals surface area contributed by atoms with E-state index in [4.69, 9.17) is 10.00 Å². The van der Waals surface area contributed by atoms with Crippen molar-refractivity contribution in [2.75, 3.05) is 6.61 Å². The van der Waals surface area contributed by atoms with Crippen LogP contribution in [0.3, 0.4) is 0 Å². The molecule has 0 aromatic carbocycles. The maximum Gasteiger partial charge on any atom is 0.221 e. The van der Waals surface area contributed by atoms with Gasteiger partial charge >= 0.3 is 0 Å². The summed E-state index contributed by atoms with van der Waals surface area (Å²) < 4.78 is 5.57. The fraction of sp³-hybridized carbons (Fsp3) is 0.846. The second-order valence-electron chi connectivity index (χ2n) is 4.87. The Labute approximate surface area is 103 Å². The first-order valence-electron chi connectivity index (χ1n) is 6.43. The molecule has 1 heterocycles. The van der Waals surface area contributed by atoms with Gasteiger partial charge in [-0.25, -0.2) is 0 Å². The van der Waals surface area contributed by atoms with Crippen molar-refractivity contribution in [3.05, 3.63) is 0 Å². The molecule has 0 bridgehead atoms. The predicted molar refractivity (Wildman–Crippen MR) is 65.3 cm³/mol. The lowest BCUT2D eigenvalue weighted by Gasteiger charge is -2.24. The molecule has 1 amide bonds. The summed E-state index contributed by atoms with van der Waals surface area (Å²) in [6.07, 6.45) is 5.43. The van der Waals surface area contributed by atoms with Crippen LogP contribution in [-0.4, -0.2) is 24.2 Å². The normalized spacial score (nSPS) is 23.5. The Balaban J connectivity index is 2.27. The number of carbonyl (C=O) groups is 1. The third-order valence-electron chi connectivity index (χ3n) is 3.34. The molecule has 0 aliphatic carbocycles. The predicted octanol–water partition coefficient (Wildman–Crippen LogP) is 2.14. The number of nitrogens with one attached hydrogen (secondary N) is 1. The van der Waals surface area contributed by atoms with E-state index in [2.05, 4.69) is 11.4 Å². The van der Waals surface area contributed by atoms with Crippen molar-refractivity contribution >= 4 is 5.91 Å². The molecule has 0 spiro atoms. The highest BCUT2D eigenvalue weighted by Crippen LogP contribution is 2.17. The van der Waals surface area contributed by atoms with Crippen molar-refractivity contribution in [3.63, 3.8) is 0 Å². The van der Waals surface area contributed by atoms with E-state index in [9.17, 15) is 4.79 Å². The molecule has 2 atom stereocenters. The van der Waals surface area contributed by atoms with E-state index in [1.807, 2.05) is 6.92 Å². The summed E-state index contributed by atoms with van der Waals surface area (Å²) in [5.74, 6) is -0.0509. The monoisotopic (exact) mass is 238 g/mol. The van der Waals surface area contributed by atoms with E-state index in [0.717, 1.165) is 25.9 Å². The summed E-state index contributed by atoms with van der Waals surface area (Å²) in [5, 5.41) is 11.7. The van der Waals surface area contributed by atoms with Gasteiger partial charge in [0.2, 0.25) is 5.91 Å². The van der Waals surface area contributed by atoms with Crippen LogP contribution in [0.15, 0.2) is 0 Å². The van der Waals surface area contributed by atoms with Gasteiger partial charge in [0.1, 0.15) is 5.54 Å². The molecule has 0 saturated carbocycles. The molecule has 4 nitrogen and oxygen atoms in total. The Morgan fingerprint density at radius 3 is 2.88 bits per heavy atom. The van der Waals surface area contributed by atoms with Crippen molar-refractivity contribution < 1.29 is 9.53 Å². The number of carbonyl (C=O) groups excluding carboxylic acids is 1. The highest BCUT2D eigenvalue weighted by molar-refractivity contribution is 5.77. The molecule has 96 valence electrons. The Morgan fingerprint density at radius 1 is 1.59 bits per heavy atom. The van der Waals surface area contributed by atoms with Crippen LogP contribution in [0.4, 0.5) is 0 Å². The fourth-order valence-corrected chi connectivity index (χ4v) is 1.89. The number of nitriles is 1. The largest absolute Gasteiger partial charge is 0.378 e. The summed E-state index contributed by atoms with van der Waals surface area (Å²) >= 11 is 0. The summed E-state index contributed by atoms with van der Waals surface area (Å²) in [7, 11) is 0. The maximum absolute atomic E-state index is 11.7. The molecule has 4 heteroatoms. The molecule has 0 aromatic heterocycles. The van der Waals surface area contributed by atoms with Gasteiger partial charge in [0.15, 0.2) is 0 Å². The van der Waals surface area contributed by atoms with Gasteiger partial charge in [-0.15, -0.1) is 0 Å². The van der Waals surface area contributed by atoms with Crippen LogP contribution in [0.2, 0.25) is 0 Å². The minimum atomic E-state index is -0.732. The summed E-state index contributed by atoms with van der Waals surface area (Å²) in [6.45, 7) is 4.47. The zero-order chi connectivity index (χ0) is 12.7. The van der Waals surface area contributed by atoms with E-state index < -0.39 is 5.54 Å². The first-order valence-corrected chi connectivity index (χ1v) is 6.43. The lowest BCUT2D eigenvalue weighted by Crippen LogP contribution is -2.44. The quantitative estimate of drug-likeness (QED) is 0.798. The standard InChI is InChI=1S/C13H22N2O2/c1-3-13(2,10-14)15-12(16)8-7-11-6-4-5-9-17-11/h11H,3-9H2,1-2H3,(H,15,16). The third-order valence-corrected chi connectivity index (χ3v) is 3.34. The molecule has 1 saturated heterocycles. The fourth-order valence-electron chi connectivity index (χ4n) is 1.89. The molecule has 1 aliphatic rings. The smallest absolute Gasteiger partial charge is 0.221 e. The van der Waals surface area contributed by atoms with Gasteiger partial charge in [0, 0.05) is 13.0 Å². The highest BCUT2D eigenvalue weighted by Gasteiger charge is 2.24. The topological polar surface area (TPSA) is 62.1 Å². The van der Waals surface area contributed by atoms with Crippen molar-refractivity contribution in [3.8, 4) is 6.07 Å². The second kappa shape index (κ2) is 6.61.